The van der Waals surface area contributed by atoms with Gasteiger partial charge in [0.15, 0.2) is 0 Å². The third kappa shape index (κ3) is 6.49. The Morgan fingerprint density at radius 1 is 1.10 bits per heavy atom. The van der Waals surface area contributed by atoms with E-state index in [0.717, 1.165) is 38.4 Å². The molecule has 1 aliphatic heterocycles. The Balaban J connectivity index is 1.53. The third-order valence-electron chi connectivity index (χ3n) is 6.68. The molecule has 0 unspecified atom stereocenters. The monoisotopic (exact) mass is 576 g/mol. The minimum Gasteiger partial charge on any atom is -0.494 e. The largest absolute Gasteiger partial charge is 0.494 e. The van der Waals surface area contributed by atoms with E-state index in [2.05, 4.69) is 27.0 Å². The summed E-state index contributed by atoms with van der Waals surface area (Å²) in [7, 11) is 2.98. The lowest BCUT2D eigenvalue weighted by atomic mass is 10.1. The molecule has 3 aromatic rings. The van der Waals surface area contributed by atoms with Crippen molar-refractivity contribution in [2.24, 2.45) is 0 Å². The van der Waals surface area contributed by atoms with Crippen LogP contribution in [-0.2, 0) is 0 Å². The Morgan fingerprint density at radius 3 is 2.51 bits per heavy atom. The topological polar surface area (TPSA) is 76.2 Å². The van der Waals surface area contributed by atoms with Crippen molar-refractivity contribution < 1.29 is 23.4 Å². The van der Waals surface area contributed by atoms with Crippen molar-refractivity contribution in [2.75, 3.05) is 57.2 Å². The van der Waals surface area contributed by atoms with E-state index in [0.29, 0.717) is 17.0 Å². The second-order valence-electron chi connectivity index (χ2n) is 9.00. The summed E-state index contributed by atoms with van der Waals surface area (Å²) in [6, 6.07) is 9.78. The van der Waals surface area contributed by atoms with Crippen LogP contribution in [0.5, 0.6) is 17.4 Å². The molecule has 0 radical (unpaired) electrons. The van der Waals surface area contributed by atoms with Gasteiger partial charge in [0.25, 0.3) is 5.91 Å². The maximum atomic E-state index is 14.0. The summed E-state index contributed by atoms with van der Waals surface area (Å²) in [6.07, 6.45) is 0.680. The molecule has 1 fully saturated rings. The molecule has 1 N–H and O–H groups in total. The molecule has 1 aromatic heterocycles. The SMILES string of the molecule is CCN1CCN(c2ccc(NC(=O)c3cc(O[C@H](C)c4c(Cl)ccc(F)c4Cl)cnc3OC)c(OC)c2)CC1. The number of carbonyl (C=O) groups excluding carboxylic acids is 1. The standard InChI is InChI=1S/C28H31Cl2FN4O4/c1-5-34-10-12-35(13-11-34)18-6-9-23(24(14-18)37-3)33-27(36)20-15-19(16-32-28(20)38-4)39-17(2)25-21(29)7-8-22(31)26(25)30/h6-9,14-17H,5,10-13H2,1-4H3,(H,33,36)/t17-/m1/s1. The highest BCUT2D eigenvalue weighted by Gasteiger charge is 2.22. The van der Waals surface area contributed by atoms with E-state index in [1.54, 1.807) is 14.0 Å². The molecule has 2 aromatic carbocycles. The minimum absolute atomic E-state index is 0.110. The summed E-state index contributed by atoms with van der Waals surface area (Å²) < 4.78 is 30.9. The van der Waals surface area contributed by atoms with Gasteiger partial charge < -0.3 is 29.3 Å². The zero-order valence-corrected chi connectivity index (χ0v) is 23.8. The number of nitrogens with one attached hydrogen (secondary N) is 1. The van der Waals surface area contributed by atoms with Gasteiger partial charge in [-0.1, -0.05) is 30.1 Å². The van der Waals surface area contributed by atoms with Crippen molar-refractivity contribution in [2.45, 2.75) is 20.0 Å². The second-order valence-corrected chi connectivity index (χ2v) is 9.79. The van der Waals surface area contributed by atoms with Gasteiger partial charge in [-0.05, 0) is 43.8 Å². The lowest BCUT2D eigenvalue weighted by molar-refractivity contribution is 0.102. The van der Waals surface area contributed by atoms with Gasteiger partial charge in [-0.15, -0.1) is 0 Å². The molecule has 2 heterocycles. The zero-order chi connectivity index (χ0) is 28.1. The summed E-state index contributed by atoms with van der Waals surface area (Å²) in [5, 5.41) is 3.01. The van der Waals surface area contributed by atoms with Crippen molar-refractivity contribution in [3.63, 3.8) is 0 Å². The number of rotatable bonds is 9. The van der Waals surface area contributed by atoms with E-state index in [1.165, 1.54) is 31.5 Å². The van der Waals surface area contributed by atoms with Gasteiger partial charge in [0, 0.05) is 48.5 Å². The van der Waals surface area contributed by atoms with E-state index in [-0.39, 0.29) is 27.2 Å². The normalized spacial score (nSPS) is 14.6. The molecular formula is C28H31Cl2FN4O4. The van der Waals surface area contributed by atoms with Gasteiger partial charge in [-0.25, -0.2) is 9.37 Å². The Hall–Kier alpha value is -3.27. The van der Waals surface area contributed by atoms with Gasteiger partial charge >= 0.3 is 0 Å². The highest BCUT2D eigenvalue weighted by atomic mass is 35.5. The van der Waals surface area contributed by atoms with Crippen LogP contribution < -0.4 is 24.4 Å². The molecular weight excluding hydrogens is 546 g/mol. The number of methoxy groups -OCH3 is 2. The molecule has 208 valence electrons. The average Bonchev–Trinajstić information content (AvgIpc) is 2.95. The van der Waals surface area contributed by atoms with Gasteiger partial charge in [0.1, 0.15) is 29.0 Å². The Bertz CT molecular complexity index is 1340. The zero-order valence-electron chi connectivity index (χ0n) is 22.3. The number of halogens is 3. The maximum absolute atomic E-state index is 14.0. The van der Waals surface area contributed by atoms with Crippen LogP contribution in [0, 0.1) is 5.82 Å². The number of amides is 1. The minimum atomic E-state index is -0.723. The first-order valence-electron chi connectivity index (χ1n) is 12.6. The highest BCUT2D eigenvalue weighted by Crippen LogP contribution is 2.36. The predicted molar refractivity (Wildman–Crippen MR) is 152 cm³/mol. The Kier molecular flexibility index (Phi) is 9.37. The molecule has 1 saturated heterocycles. The Labute approximate surface area is 237 Å². The fourth-order valence-corrected chi connectivity index (χ4v) is 5.17. The van der Waals surface area contributed by atoms with Crippen molar-refractivity contribution in [3.8, 4) is 17.4 Å². The number of hydrogen-bond donors (Lipinski definition) is 1. The van der Waals surface area contributed by atoms with E-state index < -0.39 is 17.8 Å². The summed E-state index contributed by atoms with van der Waals surface area (Å²) in [5.74, 6) is -0.191. The lowest BCUT2D eigenvalue weighted by Gasteiger charge is -2.35. The van der Waals surface area contributed by atoms with E-state index >= 15 is 0 Å². The van der Waals surface area contributed by atoms with Gasteiger partial charge in [-0.2, -0.15) is 0 Å². The molecule has 4 rings (SSSR count). The van der Waals surface area contributed by atoms with Crippen molar-refractivity contribution in [1.29, 1.82) is 0 Å². The average molecular weight is 577 g/mol. The van der Waals surface area contributed by atoms with Crippen LogP contribution in [0.25, 0.3) is 0 Å². The molecule has 11 heteroatoms. The van der Waals surface area contributed by atoms with Crippen LogP contribution in [0.15, 0.2) is 42.6 Å². The maximum Gasteiger partial charge on any atom is 0.261 e. The molecule has 0 spiro atoms. The molecule has 1 atom stereocenters. The Morgan fingerprint density at radius 2 is 1.85 bits per heavy atom. The van der Waals surface area contributed by atoms with E-state index in [1.807, 2.05) is 18.2 Å². The fraction of sp³-hybridized carbons (Fsp3) is 0.357. The van der Waals surface area contributed by atoms with Crippen molar-refractivity contribution in [3.05, 3.63) is 69.6 Å². The molecule has 1 amide bonds. The fourth-order valence-electron chi connectivity index (χ4n) is 4.49. The molecule has 0 saturated carbocycles. The number of benzene rings is 2. The first kappa shape index (κ1) is 28.7. The number of piperazine rings is 1. The number of ether oxygens (including phenoxy) is 3. The first-order chi connectivity index (χ1) is 18.7. The van der Waals surface area contributed by atoms with Crippen LogP contribution in [0.1, 0.15) is 35.9 Å². The molecule has 0 aliphatic carbocycles. The molecule has 1 aliphatic rings. The van der Waals surface area contributed by atoms with Crippen LogP contribution in [-0.4, -0.2) is 62.7 Å². The number of anilines is 2. The predicted octanol–water partition coefficient (Wildman–Crippen LogP) is 6.08. The number of pyridine rings is 1. The summed E-state index contributed by atoms with van der Waals surface area (Å²) in [5.41, 5.74) is 1.96. The number of hydrogen-bond acceptors (Lipinski definition) is 7. The van der Waals surface area contributed by atoms with Crippen LogP contribution in [0.4, 0.5) is 15.8 Å². The summed E-state index contributed by atoms with van der Waals surface area (Å²) in [6.45, 7) is 8.71. The van der Waals surface area contributed by atoms with Gasteiger partial charge in [0.05, 0.1) is 31.1 Å². The highest BCUT2D eigenvalue weighted by molar-refractivity contribution is 6.36. The number of nitrogens with zero attached hydrogens (tertiary/aromatic N) is 3. The molecule has 39 heavy (non-hydrogen) atoms. The smallest absolute Gasteiger partial charge is 0.261 e. The third-order valence-corrected chi connectivity index (χ3v) is 7.39. The summed E-state index contributed by atoms with van der Waals surface area (Å²) in [4.78, 5) is 22.2. The number of likely N-dealkylation sites (N-methyl/N-ethyl adjacent to an activating group) is 1. The van der Waals surface area contributed by atoms with Gasteiger partial charge in [0.2, 0.25) is 5.88 Å². The number of carbonyl (C=O) groups is 1. The first-order valence-corrected chi connectivity index (χ1v) is 13.3. The molecule has 0 bridgehead atoms. The van der Waals surface area contributed by atoms with Gasteiger partial charge in [-0.3, -0.25) is 4.79 Å². The summed E-state index contributed by atoms with van der Waals surface area (Å²) >= 11 is 12.4. The van der Waals surface area contributed by atoms with E-state index in [4.69, 9.17) is 37.4 Å². The van der Waals surface area contributed by atoms with Crippen LogP contribution in [0.3, 0.4) is 0 Å². The molecule has 8 nitrogen and oxygen atoms in total. The van der Waals surface area contributed by atoms with Crippen LogP contribution in [0.2, 0.25) is 10.0 Å². The van der Waals surface area contributed by atoms with E-state index in [9.17, 15) is 9.18 Å². The number of aromatic nitrogens is 1. The van der Waals surface area contributed by atoms with Crippen LogP contribution >= 0.6 is 23.2 Å². The second kappa shape index (κ2) is 12.7. The quantitative estimate of drug-likeness (QED) is 0.309. The van der Waals surface area contributed by atoms with Crippen molar-refractivity contribution >= 4 is 40.5 Å². The lowest BCUT2D eigenvalue weighted by Crippen LogP contribution is -2.46. The van der Waals surface area contributed by atoms with Crippen molar-refractivity contribution in [1.82, 2.24) is 9.88 Å².